The van der Waals surface area contributed by atoms with Gasteiger partial charge in [-0.15, -0.1) is 0 Å². The monoisotopic (exact) mass is 303 g/mol. The van der Waals surface area contributed by atoms with Crippen LogP contribution in [0.4, 0.5) is 4.39 Å². The van der Waals surface area contributed by atoms with Gasteiger partial charge in [0.15, 0.2) is 17.3 Å². The molecule has 2 rings (SSSR count). The van der Waals surface area contributed by atoms with Crippen molar-refractivity contribution in [3.05, 3.63) is 21.9 Å². The van der Waals surface area contributed by atoms with Gasteiger partial charge >= 0.3 is 0 Å². The smallest absolute Gasteiger partial charge is 0.197 e. The van der Waals surface area contributed by atoms with Gasteiger partial charge in [0.1, 0.15) is 0 Å². The number of benzene rings is 1. The van der Waals surface area contributed by atoms with Gasteiger partial charge in [0.2, 0.25) is 0 Å². The Morgan fingerprint density at radius 3 is 2.59 bits per heavy atom. The quantitative estimate of drug-likeness (QED) is 0.931. The minimum Gasteiger partial charge on any atom is -0.492 e. The Morgan fingerprint density at radius 1 is 1.35 bits per heavy atom. The Balaban J connectivity index is 2.55. The third-order valence-electron chi connectivity index (χ3n) is 3.06. The van der Waals surface area contributed by atoms with Crippen molar-refractivity contribution < 1.29 is 13.9 Å². The van der Waals surface area contributed by atoms with Gasteiger partial charge in [0.05, 0.1) is 14.2 Å². The topological polar surface area (TPSA) is 30.5 Å². The lowest BCUT2D eigenvalue weighted by Gasteiger charge is -2.19. The first-order valence-electron chi connectivity index (χ1n) is 5.49. The zero-order valence-electron chi connectivity index (χ0n) is 9.85. The second kappa shape index (κ2) is 5.23. The van der Waals surface area contributed by atoms with E-state index in [1.54, 1.807) is 0 Å². The van der Waals surface area contributed by atoms with Crippen LogP contribution in [0.2, 0.25) is 0 Å². The Kier molecular flexibility index (Phi) is 3.89. The van der Waals surface area contributed by atoms with Gasteiger partial charge < -0.3 is 14.8 Å². The van der Waals surface area contributed by atoms with Gasteiger partial charge in [-0.25, -0.2) is 4.39 Å². The summed E-state index contributed by atoms with van der Waals surface area (Å²) in [6.45, 7) is 1.85. The maximum Gasteiger partial charge on any atom is 0.197 e. The van der Waals surface area contributed by atoms with E-state index >= 15 is 0 Å². The zero-order chi connectivity index (χ0) is 12.4. The molecule has 0 amide bonds. The van der Waals surface area contributed by atoms with Crippen LogP contribution in [0.3, 0.4) is 0 Å². The predicted octanol–water partition coefficient (Wildman–Crippen LogP) is 2.68. The van der Waals surface area contributed by atoms with Crippen LogP contribution in [-0.4, -0.2) is 27.3 Å². The summed E-state index contributed by atoms with van der Waals surface area (Å²) in [5.74, 6) is 0.588. The van der Waals surface area contributed by atoms with E-state index in [4.69, 9.17) is 9.47 Å². The molecule has 1 atom stereocenters. The first-order valence-corrected chi connectivity index (χ1v) is 6.29. The lowest BCUT2D eigenvalue weighted by atomic mass is 9.97. The van der Waals surface area contributed by atoms with Crippen molar-refractivity contribution in [3.8, 4) is 11.5 Å². The standard InChI is InChI=1S/C12H15BrFNO2/c1-16-11-9(14)5-8(13)10(12(11)17-2)7-3-4-15-6-7/h5,7,15H,3-4,6H2,1-2H3. The number of methoxy groups -OCH3 is 2. The second-order valence-electron chi connectivity index (χ2n) is 4.01. The Labute approximate surface area is 108 Å². The largest absolute Gasteiger partial charge is 0.492 e. The molecular formula is C12H15BrFNO2. The van der Waals surface area contributed by atoms with Crippen LogP contribution >= 0.6 is 15.9 Å². The highest BCUT2D eigenvalue weighted by atomic mass is 79.9. The SMILES string of the molecule is COc1c(F)cc(Br)c(C2CCNC2)c1OC. The van der Waals surface area contributed by atoms with Gasteiger partial charge in [-0.1, -0.05) is 15.9 Å². The van der Waals surface area contributed by atoms with Crippen molar-refractivity contribution in [1.29, 1.82) is 0 Å². The second-order valence-corrected chi connectivity index (χ2v) is 4.86. The van der Waals surface area contributed by atoms with Gasteiger partial charge in [0, 0.05) is 22.5 Å². The fraction of sp³-hybridized carbons (Fsp3) is 0.500. The van der Waals surface area contributed by atoms with Crippen molar-refractivity contribution in [2.75, 3.05) is 27.3 Å². The van der Waals surface area contributed by atoms with Gasteiger partial charge in [0.25, 0.3) is 0 Å². The maximum atomic E-state index is 13.7. The average molecular weight is 304 g/mol. The predicted molar refractivity (Wildman–Crippen MR) is 67.4 cm³/mol. The summed E-state index contributed by atoms with van der Waals surface area (Å²) in [5, 5.41) is 3.29. The average Bonchev–Trinajstić information content (AvgIpc) is 2.81. The molecule has 1 aromatic carbocycles. The minimum absolute atomic E-state index is 0.178. The van der Waals surface area contributed by atoms with Crippen molar-refractivity contribution in [2.24, 2.45) is 0 Å². The van der Waals surface area contributed by atoms with Crippen molar-refractivity contribution in [2.45, 2.75) is 12.3 Å². The molecule has 5 heteroatoms. The summed E-state index contributed by atoms with van der Waals surface area (Å²) in [4.78, 5) is 0. The zero-order valence-corrected chi connectivity index (χ0v) is 11.4. The molecule has 1 heterocycles. The number of hydrogen-bond acceptors (Lipinski definition) is 3. The molecule has 0 saturated carbocycles. The van der Waals surface area contributed by atoms with Crippen molar-refractivity contribution >= 4 is 15.9 Å². The van der Waals surface area contributed by atoms with Gasteiger partial charge in [-0.3, -0.25) is 0 Å². The third kappa shape index (κ3) is 2.26. The van der Waals surface area contributed by atoms with Crippen LogP contribution in [0, 0.1) is 5.82 Å². The Bertz CT molecular complexity index is 419. The van der Waals surface area contributed by atoms with E-state index in [1.165, 1.54) is 20.3 Å². The maximum absolute atomic E-state index is 13.7. The minimum atomic E-state index is -0.411. The van der Waals surface area contributed by atoms with Crippen LogP contribution in [0.5, 0.6) is 11.5 Å². The van der Waals surface area contributed by atoms with Crippen LogP contribution < -0.4 is 14.8 Å². The first-order chi connectivity index (χ1) is 8.19. The molecule has 0 aromatic heterocycles. The molecule has 0 aliphatic carbocycles. The summed E-state index contributed by atoms with van der Waals surface area (Å²) in [6.07, 6.45) is 1.02. The van der Waals surface area contributed by atoms with E-state index in [0.29, 0.717) is 11.7 Å². The molecule has 0 spiro atoms. The first kappa shape index (κ1) is 12.6. The van der Waals surface area contributed by atoms with E-state index in [2.05, 4.69) is 21.2 Å². The van der Waals surface area contributed by atoms with E-state index in [9.17, 15) is 4.39 Å². The van der Waals surface area contributed by atoms with E-state index in [0.717, 1.165) is 29.5 Å². The lowest BCUT2D eigenvalue weighted by molar-refractivity contribution is 0.332. The summed E-state index contributed by atoms with van der Waals surface area (Å²) >= 11 is 3.41. The molecule has 0 bridgehead atoms. The van der Waals surface area contributed by atoms with Crippen LogP contribution in [0.15, 0.2) is 10.5 Å². The Hall–Kier alpha value is -0.810. The number of rotatable bonds is 3. The Morgan fingerprint density at radius 2 is 2.06 bits per heavy atom. The third-order valence-corrected chi connectivity index (χ3v) is 3.71. The summed E-state index contributed by atoms with van der Waals surface area (Å²) in [7, 11) is 2.99. The molecule has 1 aromatic rings. The normalized spacial score (nSPS) is 19.4. The van der Waals surface area contributed by atoms with E-state index in [1.807, 2.05) is 0 Å². The summed E-state index contributed by atoms with van der Waals surface area (Å²) in [6, 6.07) is 1.44. The number of hydrogen-bond donors (Lipinski definition) is 1. The summed E-state index contributed by atoms with van der Waals surface area (Å²) in [5.41, 5.74) is 0.982. The molecule has 1 aliphatic heterocycles. The summed E-state index contributed by atoms with van der Waals surface area (Å²) < 4.78 is 24.9. The van der Waals surface area contributed by atoms with E-state index < -0.39 is 5.82 Å². The molecule has 1 unspecified atom stereocenters. The lowest BCUT2D eigenvalue weighted by Crippen LogP contribution is -2.10. The molecule has 1 fully saturated rings. The highest BCUT2D eigenvalue weighted by Crippen LogP contribution is 2.43. The molecule has 1 N–H and O–H groups in total. The fourth-order valence-electron chi connectivity index (χ4n) is 2.27. The van der Waals surface area contributed by atoms with Crippen molar-refractivity contribution in [1.82, 2.24) is 5.32 Å². The van der Waals surface area contributed by atoms with Gasteiger partial charge in [-0.2, -0.15) is 0 Å². The molecule has 94 valence electrons. The number of nitrogens with one attached hydrogen (secondary N) is 1. The number of halogens is 2. The number of ether oxygens (including phenoxy) is 2. The van der Waals surface area contributed by atoms with Crippen LogP contribution in [0.25, 0.3) is 0 Å². The van der Waals surface area contributed by atoms with Crippen LogP contribution in [0.1, 0.15) is 17.9 Å². The van der Waals surface area contributed by atoms with Crippen LogP contribution in [-0.2, 0) is 0 Å². The highest BCUT2D eigenvalue weighted by molar-refractivity contribution is 9.10. The molecule has 1 aliphatic rings. The molecule has 17 heavy (non-hydrogen) atoms. The molecule has 3 nitrogen and oxygen atoms in total. The molecule has 1 saturated heterocycles. The molecular weight excluding hydrogens is 289 g/mol. The van der Waals surface area contributed by atoms with E-state index in [-0.39, 0.29) is 5.75 Å². The molecule has 0 radical (unpaired) electrons. The highest BCUT2D eigenvalue weighted by Gasteiger charge is 2.27. The van der Waals surface area contributed by atoms with Crippen molar-refractivity contribution in [3.63, 3.8) is 0 Å². The fourth-order valence-corrected chi connectivity index (χ4v) is 2.97. The van der Waals surface area contributed by atoms with Gasteiger partial charge in [-0.05, 0) is 19.0 Å².